The maximum atomic E-state index is 13.2. The Morgan fingerprint density at radius 1 is 0.971 bits per heavy atom. The summed E-state index contributed by atoms with van der Waals surface area (Å²) in [6.45, 7) is 4.30. The van der Waals surface area contributed by atoms with Gasteiger partial charge in [-0.05, 0) is 42.7 Å². The van der Waals surface area contributed by atoms with E-state index in [0.29, 0.717) is 50.5 Å². The fraction of sp³-hybridized carbons (Fsp3) is 0.440. The standard InChI is InChI=1S/C25H26F3N3O4/c26-25(27,28)35-18-8-6-17(7-9-18)15-29-10-12-30(13-11-29)21-5-1-4-20-22(21)24(33)31(23(20)32)16-19-3-2-14-34-19/h1,4-9,19H,2-3,10-16H2. The van der Waals surface area contributed by atoms with Gasteiger partial charge in [-0.2, -0.15) is 0 Å². The van der Waals surface area contributed by atoms with Gasteiger partial charge in [-0.3, -0.25) is 19.4 Å². The summed E-state index contributed by atoms with van der Waals surface area (Å²) < 4.78 is 46.6. The van der Waals surface area contributed by atoms with Gasteiger partial charge in [0, 0.05) is 39.3 Å². The maximum absolute atomic E-state index is 13.2. The van der Waals surface area contributed by atoms with Gasteiger partial charge in [-0.25, -0.2) is 0 Å². The van der Waals surface area contributed by atoms with E-state index in [0.717, 1.165) is 24.1 Å². The number of alkyl halides is 3. The summed E-state index contributed by atoms with van der Waals surface area (Å²) >= 11 is 0. The minimum atomic E-state index is -4.71. The van der Waals surface area contributed by atoms with Crippen LogP contribution in [0, 0.1) is 0 Å². The molecule has 0 radical (unpaired) electrons. The highest BCUT2D eigenvalue weighted by molar-refractivity contribution is 6.23. The van der Waals surface area contributed by atoms with Crippen molar-refractivity contribution >= 4 is 17.5 Å². The first kappa shape index (κ1) is 23.6. The maximum Gasteiger partial charge on any atom is 0.573 e. The normalized spacial score (nSPS) is 21.1. The van der Waals surface area contributed by atoms with Crippen LogP contribution in [0.3, 0.4) is 0 Å². The van der Waals surface area contributed by atoms with Crippen LogP contribution in [0.15, 0.2) is 42.5 Å². The van der Waals surface area contributed by atoms with Crippen molar-refractivity contribution in [3.8, 4) is 5.75 Å². The summed E-state index contributed by atoms with van der Waals surface area (Å²) in [5, 5.41) is 0. The van der Waals surface area contributed by atoms with Gasteiger partial charge >= 0.3 is 6.36 Å². The second kappa shape index (κ2) is 9.50. The van der Waals surface area contributed by atoms with Gasteiger partial charge in [-0.1, -0.05) is 18.2 Å². The molecule has 35 heavy (non-hydrogen) atoms. The van der Waals surface area contributed by atoms with Gasteiger partial charge in [-0.15, -0.1) is 13.2 Å². The molecule has 2 fully saturated rings. The van der Waals surface area contributed by atoms with Crippen LogP contribution in [0.1, 0.15) is 39.1 Å². The van der Waals surface area contributed by atoms with Crippen molar-refractivity contribution in [2.24, 2.45) is 0 Å². The lowest BCUT2D eigenvalue weighted by Crippen LogP contribution is -2.46. The quantitative estimate of drug-likeness (QED) is 0.577. The Hall–Kier alpha value is -3.11. The SMILES string of the molecule is O=C1c2cccc(N3CCN(Cc4ccc(OC(F)(F)F)cc4)CC3)c2C(=O)N1CC1CCCO1. The number of anilines is 1. The molecular weight excluding hydrogens is 463 g/mol. The number of rotatable bonds is 6. The van der Waals surface area contributed by atoms with Gasteiger partial charge in [0.2, 0.25) is 0 Å². The topological polar surface area (TPSA) is 62.3 Å². The molecule has 0 aromatic heterocycles. The second-order valence-electron chi connectivity index (χ2n) is 9.01. The Bertz CT molecular complexity index is 1090. The summed E-state index contributed by atoms with van der Waals surface area (Å²) in [4.78, 5) is 31.8. The molecule has 2 aromatic carbocycles. The zero-order valence-corrected chi connectivity index (χ0v) is 19.1. The van der Waals surface area contributed by atoms with E-state index >= 15 is 0 Å². The third kappa shape index (κ3) is 5.13. The van der Waals surface area contributed by atoms with Crippen LogP contribution in [0.4, 0.5) is 18.9 Å². The van der Waals surface area contributed by atoms with Gasteiger partial charge < -0.3 is 14.4 Å². The lowest BCUT2D eigenvalue weighted by molar-refractivity contribution is -0.274. The van der Waals surface area contributed by atoms with Crippen molar-refractivity contribution in [3.05, 3.63) is 59.2 Å². The number of halogens is 3. The molecule has 0 aliphatic carbocycles. The van der Waals surface area contributed by atoms with Crippen molar-refractivity contribution in [2.45, 2.75) is 31.9 Å². The van der Waals surface area contributed by atoms with E-state index in [-0.39, 0.29) is 30.2 Å². The molecule has 5 rings (SSSR count). The number of benzene rings is 2. The van der Waals surface area contributed by atoms with Gasteiger partial charge in [0.1, 0.15) is 5.75 Å². The number of hydrogen-bond acceptors (Lipinski definition) is 6. The number of hydrogen-bond donors (Lipinski definition) is 0. The number of amides is 2. The minimum Gasteiger partial charge on any atom is -0.406 e. The molecule has 0 N–H and O–H groups in total. The summed E-state index contributed by atoms with van der Waals surface area (Å²) in [5.74, 6) is -0.768. The van der Waals surface area contributed by atoms with E-state index in [2.05, 4.69) is 14.5 Å². The Morgan fingerprint density at radius 2 is 1.71 bits per heavy atom. The molecule has 0 spiro atoms. The number of ether oxygens (including phenoxy) is 2. The molecule has 10 heteroatoms. The van der Waals surface area contributed by atoms with E-state index in [1.54, 1.807) is 18.2 Å². The molecule has 0 saturated carbocycles. The van der Waals surface area contributed by atoms with Crippen LogP contribution in [-0.4, -0.2) is 73.4 Å². The van der Waals surface area contributed by atoms with Crippen molar-refractivity contribution < 1.29 is 32.2 Å². The van der Waals surface area contributed by atoms with E-state index < -0.39 is 6.36 Å². The molecule has 7 nitrogen and oxygen atoms in total. The zero-order valence-electron chi connectivity index (χ0n) is 19.1. The smallest absolute Gasteiger partial charge is 0.406 e. The first-order valence-electron chi connectivity index (χ1n) is 11.7. The molecule has 1 unspecified atom stereocenters. The molecule has 3 aliphatic rings. The van der Waals surface area contributed by atoms with E-state index in [9.17, 15) is 22.8 Å². The van der Waals surface area contributed by atoms with Crippen LogP contribution in [0.5, 0.6) is 5.75 Å². The predicted octanol–water partition coefficient (Wildman–Crippen LogP) is 3.68. The Balaban J connectivity index is 1.22. The lowest BCUT2D eigenvalue weighted by Gasteiger charge is -2.36. The molecule has 0 bridgehead atoms. The highest BCUT2D eigenvalue weighted by Crippen LogP contribution is 2.33. The van der Waals surface area contributed by atoms with Crippen molar-refractivity contribution in [1.82, 2.24) is 9.80 Å². The van der Waals surface area contributed by atoms with Crippen LogP contribution < -0.4 is 9.64 Å². The number of carbonyl (C=O) groups excluding carboxylic acids is 2. The van der Waals surface area contributed by atoms with Gasteiger partial charge in [0.15, 0.2) is 0 Å². The van der Waals surface area contributed by atoms with Crippen molar-refractivity contribution in [1.29, 1.82) is 0 Å². The summed E-state index contributed by atoms with van der Waals surface area (Å²) in [6, 6.07) is 11.3. The third-order valence-corrected chi connectivity index (χ3v) is 6.66. The number of imide groups is 1. The highest BCUT2D eigenvalue weighted by atomic mass is 19.4. The predicted molar refractivity (Wildman–Crippen MR) is 121 cm³/mol. The fourth-order valence-corrected chi connectivity index (χ4v) is 4.94. The molecule has 1 atom stereocenters. The molecular formula is C25H26F3N3O4. The Labute approximate surface area is 201 Å². The largest absolute Gasteiger partial charge is 0.573 e. The van der Waals surface area contributed by atoms with E-state index in [1.807, 2.05) is 12.1 Å². The number of fused-ring (bicyclic) bond motifs is 1. The monoisotopic (exact) mass is 489 g/mol. The Morgan fingerprint density at radius 3 is 2.37 bits per heavy atom. The molecule has 3 aliphatic heterocycles. The summed E-state index contributed by atoms with van der Waals surface area (Å²) in [5.41, 5.74) is 2.56. The van der Waals surface area contributed by atoms with Crippen LogP contribution >= 0.6 is 0 Å². The molecule has 186 valence electrons. The third-order valence-electron chi connectivity index (χ3n) is 6.66. The summed E-state index contributed by atoms with van der Waals surface area (Å²) in [7, 11) is 0. The van der Waals surface area contributed by atoms with Crippen LogP contribution in [0.2, 0.25) is 0 Å². The number of piperazine rings is 1. The van der Waals surface area contributed by atoms with Crippen molar-refractivity contribution in [2.75, 3.05) is 44.2 Å². The minimum absolute atomic E-state index is 0.0988. The molecule has 2 aromatic rings. The first-order valence-corrected chi connectivity index (χ1v) is 11.7. The molecule has 2 saturated heterocycles. The average molecular weight is 489 g/mol. The average Bonchev–Trinajstić information content (AvgIpc) is 3.43. The molecule has 3 heterocycles. The lowest BCUT2D eigenvalue weighted by atomic mass is 10.1. The zero-order chi connectivity index (χ0) is 24.6. The van der Waals surface area contributed by atoms with Crippen LogP contribution in [-0.2, 0) is 11.3 Å². The fourth-order valence-electron chi connectivity index (χ4n) is 4.94. The van der Waals surface area contributed by atoms with E-state index in [4.69, 9.17) is 4.74 Å². The summed E-state index contributed by atoms with van der Waals surface area (Å²) in [6.07, 6.45) is -3.02. The Kier molecular flexibility index (Phi) is 6.41. The highest BCUT2D eigenvalue weighted by Gasteiger charge is 2.40. The second-order valence-corrected chi connectivity index (χ2v) is 9.01. The first-order chi connectivity index (χ1) is 16.8. The van der Waals surface area contributed by atoms with Gasteiger partial charge in [0.05, 0.1) is 29.5 Å². The van der Waals surface area contributed by atoms with E-state index in [1.165, 1.54) is 17.0 Å². The molecule has 2 amide bonds. The van der Waals surface area contributed by atoms with Crippen molar-refractivity contribution in [3.63, 3.8) is 0 Å². The van der Waals surface area contributed by atoms with Crippen LogP contribution in [0.25, 0.3) is 0 Å². The number of nitrogens with zero attached hydrogens (tertiary/aromatic N) is 3. The van der Waals surface area contributed by atoms with Gasteiger partial charge in [0.25, 0.3) is 11.8 Å². The number of carbonyl (C=O) groups is 2.